The first-order valence-corrected chi connectivity index (χ1v) is 9.13. The molecule has 3 aromatic rings. The molecule has 0 atom stereocenters. The Labute approximate surface area is 180 Å². The molecule has 0 bridgehead atoms. The normalized spacial score (nSPS) is 11.7. The van der Waals surface area contributed by atoms with Crippen molar-refractivity contribution in [2.75, 3.05) is 5.32 Å². The van der Waals surface area contributed by atoms with E-state index in [1.807, 2.05) is 0 Å². The van der Waals surface area contributed by atoms with Crippen LogP contribution in [-0.2, 0) is 11.0 Å². The number of hydrogen-bond donors (Lipinski definition) is 2. The van der Waals surface area contributed by atoms with Crippen molar-refractivity contribution in [1.29, 1.82) is 5.26 Å². The third-order valence-electron chi connectivity index (χ3n) is 4.56. The predicted molar refractivity (Wildman–Crippen MR) is 110 cm³/mol. The van der Waals surface area contributed by atoms with Crippen LogP contribution in [0.1, 0.15) is 27.2 Å². The molecule has 0 saturated heterocycles. The summed E-state index contributed by atoms with van der Waals surface area (Å²) in [5, 5.41) is 20.8. The highest BCUT2D eigenvalue weighted by atomic mass is 19.4. The Morgan fingerprint density at radius 3 is 2.50 bits per heavy atom. The smallest absolute Gasteiger partial charge is 0.416 e. The van der Waals surface area contributed by atoms with Crippen LogP contribution in [0.5, 0.6) is 0 Å². The van der Waals surface area contributed by atoms with Gasteiger partial charge in [0, 0.05) is 17.3 Å². The highest BCUT2D eigenvalue weighted by Gasteiger charge is 2.30. The van der Waals surface area contributed by atoms with E-state index in [2.05, 4.69) is 5.32 Å². The molecule has 32 heavy (non-hydrogen) atoms. The predicted octanol–water partition coefficient (Wildman–Crippen LogP) is 5.52. The van der Waals surface area contributed by atoms with Gasteiger partial charge in [0.05, 0.1) is 11.1 Å². The van der Waals surface area contributed by atoms with Gasteiger partial charge in [0.15, 0.2) is 0 Å². The van der Waals surface area contributed by atoms with Crippen molar-refractivity contribution in [2.24, 2.45) is 0 Å². The molecule has 0 aliphatic carbocycles. The zero-order chi connectivity index (χ0) is 23.5. The molecule has 2 aromatic carbocycles. The summed E-state index contributed by atoms with van der Waals surface area (Å²) in [4.78, 5) is 23.7. The Balaban J connectivity index is 1.85. The Hall–Kier alpha value is -4.32. The molecule has 9 heteroatoms. The number of benzene rings is 2. The maximum absolute atomic E-state index is 12.8. The van der Waals surface area contributed by atoms with Crippen LogP contribution in [0.2, 0.25) is 0 Å². The molecule has 0 saturated carbocycles. The maximum Gasteiger partial charge on any atom is 0.416 e. The second-order valence-corrected chi connectivity index (χ2v) is 6.69. The number of furan rings is 1. The summed E-state index contributed by atoms with van der Waals surface area (Å²) in [6.07, 6.45) is -3.43. The monoisotopic (exact) mass is 440 g/mol. The molecule has 0 spiro atoms. The van der Waals surface area contributed by atoms with E-state index in [1.54, 1.807) is 31.2 Å². The minimum Gasteiger partial charge on any atom is -0.478 e. The van der Waals surface area contributed by atoms with Gasteiger partial charge in [0.2, 0.25) is 0 Å². The van der Waals surface area contributed by atoms with Crippen molar-refractivity contribution in [3.8, 4) is 17.4 Å². The van der Waals surface area contributed by atoms with Crippen LogP contribution in [-0.4, -0.2) is 17.0 Å². The number of carbonyl (C=O) groups is 2. The Morgan fingerprint density at radius 2 is 1.84 bits per heavy atom. The number of carboxylic acid groups (broad SMARTS) is 1. The molecule has 3 rings (SSSR count). The molecule has 0 aliphatic rings. The summed E-state index contributed by atoms with van der Waals surface area (Å²) in [6, 6.07) is 13.4. The first kappa shape index (κ1) is 22.4. The van der Waals surface area contributed by atoms with Crippen molar-refractivity contribution in [3.63, 3.8) is 0 Å². The number of anilines is 1. The van der Waals surface area contributed by atoms with E-state index in [0.29, 0.717) is 16.9 Å². The lowest BCUT2D eigenvalue weighted by Gasteiger charge is -2.09. The third-order valence-corrected chi connectivity index (χ3v) is 4.56. The highest BCUT2D eigenvalue weighted by molar-refractivity contribution is 6.09. The summed E-state index contributed by atoms with van der Waals surface area (Å²) in [6.45, 7) is 1.63. The molecule has 6 nitrogen and oxygen atoms in total. The molecular formula is C23H15F3N2O4. The highest BCUT2D eigenvalue weighted by Crippen LogP contribution is 2.31. The number of nitrogens with zero attached hydrogens (tertiary/aromatic N) is 1. The largest absolute Gasteiger partial charge is 0.478 e. The molecule has 1 aromatic heterocycles. The summed E-state index contributed by atoms with van der Waals surface area (Å²) < 4.78 is 44.1. The van der Waals surface area contributed by atoms with Gasteiger partial charge < -0.3 is 14.8 Å². The summed E-state index contributed by atoms with van der Waals surface area (Å²) >= 11 is 0. The Morgan fingerprint density at radius 1 is 1.12 bits per heavy atom. The first-order chi connectivity index (χ1) is 15.1. The molecule has 1 amide bonds. The number of carbonyl (C=O) groups excluding carboxylic acids is 1. The van der Waals surface area contributed by atoms with Gasteiger partial charge >= 0.3 is 12.1 Å². The van der Waals surface area contributed by atoms with Crippen LogP contribution in [0.15, 0.2) is 64.6 Å². The van der Waals surface area contributed by atoms with Crippen LogP contribution in [0, 0.1) is 18.3 Å². The molecule has 0 radical (unpaired) electrons. The lowest BCUT2D eigenvalue weighted by atomic mass is 10.0. The summed E-state index contributed by atoms with van der Waals surface area (Å²) in [5.41, 5.74) is -0.336. The van der Waals surface area contributed by atoms with Crippen LogP contribution in [0.3, 0.4) is 0 Å². The van der Waals surface area contributed by atoms with Crippen LogP contribution < -0.4 is 5.32 Å². The fourth-order valence-corrected chi connectivity index (χ4v) is 2.97. The van der Waals surface area contributed by atoms with E-state index in [4.69, 9.17) is 4.42 Å². The average Bonchev–Trinajstić information content (AvgIpc) is 3.19. The van der Waals surface area contributed by atoms with Crippen molar-refractivity contribution in [2.45, 2.75) is 13.1 Å². The lowest BCUT2D eigenvalue weighted by Crippen LogP contribution is -2.14. The number of alkyl halides is 3. The quantitative estimate of drug-likeness (QED) is 0.402. The molecule has 0 aliphatic heterocycles. The van der Waals surface area contributed by atoms with E-state index < -0.39 is 23.6 Å². The third kappa shape index (κ3) is 4.87. The molecule has 1 heterocycles. The fraction of sp³-hybridized carbons (Fsp3) is 0.0870. The minimum atomic E-state index is -4.57. The molecule has 162 valence electrons. The summed E-state index contributed by atoms with van der Waals surface area (Å²) in [7, 11) is 0. The van der Waals surface area contributed by atoms with E-state index >= 15 is 0 Å². The standard InChI is InChI=1S/C23H15F3N2O4/c1-13-18(6-3-7-19(13)22(30)31)20-9-8-17(32-20)10-14(12-27)21(29)28-16-5-2-4-15(11-16)23(24,25)26/h2-11H,1H3,(H,28,29)(H,30,31)/b14-10-. The van der Waals surface area contributed by atoms with Crippen molar-refractivity contribution in [3.05, 3.63) is 82.6 Å². The minimum absolute atomic E-state index is 0.106. The zero-order valence-corrected chi connectivity index (χ0v) is 16.5. The van der Waals surface area contributed by atoms with Crippen LogP contribution in [0.25, 0.3) is 17.4 Å². The Bertz CT molecular complexity index is 1270. The van der Waals surface area contributed by atoms with Gasteiger partial charge in [-0.1, -0.05) is 18.2 Å². The van der Waals surface area contributed by atoms with Gasteiger partial charge in [-0.25, -0.2) is 4.79 Å². The van der Waals surface area contributed by atoms with Crippen molar-refractivity contribution in [1.82, 2.24) is 0 Å². The number of halogens is 3. The lowest BCUT2D eigenvalue weighted by molar-refractivity contribution is -0.137. The number of nitriles is 1. The first-order valence-electron chi connectivity index (χ1n) is 9.13. The van der Waals surface area contributed by atoms with Crippen LogP contribution >= 0.6 is 0 Å². The second kappa shape index (κ2) is 8.81. The van der Waals surface area contributed by atoms with E-state index in [-0.39, 0.29) is 22.6 Å². The van der Waals surface area contributed by atoms with E-state index in [9.17, 15) is 33.1 Å². The van der Waals surface area contributed by atoms with E-state index in [0.717, 1.165) is 24.3 Å². The Kier molecular flexibility index (Phi) is 6.16. The van der Waals surface area contributed by atoms with Gasteiger partial charge in [-0.3, -0.25) is 4.79 Å². The summed E-state index contributed by atoms with van der Waals surface area (Å²) in [5.74, 6) is -1.54. The second-order valence-electron chi connectivity index (χ2n) is 6.69. The molecule has 2 N–H and O–H groups in total. The van der Waals surface area contributed by atoms with Crippen molar-refractivity contribution >= 4 is 23.6 Å². The van der Waals surface area contributed by atoms with Crippen LogP contribution in [0.4, 0.5) is 18.9 Å². The number of aromatic carboxylic acids is 1. The topological polar surface area (TPSA) is 103 Å². The zero-order valence-electron chi connectivity index (χ0n) is 16.5. The van der Waals surface area contributed by atoms with Gasteiger partial charge in [-0.05, 0) is 48.9 Å². The number of rotatable bonds is 5. The van der Waals surface area contributed by atoms with Gasteiger partial charge in [-0.15, -0.1) is 0 Å². The molecule has 0 unspecified atom stereocenters. The van der Waals surface area contributed by atoms with Gasteiger partial charge in [0.1, 0.15) is 23.2 Å². The number of amides is 1. The molecule has 0 fully saturated rings. The number of nitrogens with one attached hydrogen (secondary N) is 1. The number of hydrogen-bond acceptors (Lipinski definition) is 4. The van der Waals surface area contributed by atoms with Crippen molar-refractivity contribution < 1.29 is 32.3 Å². The molecular weight excluding hydrogens is 425 g/mol. The maximum atomic E-state index is 12.8. The fourth-order valence-electron chi connectivity index (χ4n) is 2.97. The average molecular weight is 440 g/mol. The SMILES string of the molecule is Cc1c(C(=O)O)cccc1-c1ccc(/C=C(/C#N)C(=O)Nc2cccc(C(F)(F)F)c2)o1. The van der Waals surface area contributed by atoms with Gasteiger partial charge in [-0.2, -0.15) is 18.4 Å². The number of carboxylic acids is 1. The van der Waals surface area contributed by atoms with Gasteiger partial charge in [0.25, 0.3) is 5.91 Å². The van der Waals surface area contributed by atoms with E-state index in [1.165, 1.54) is 18.2 Å².